The zero-order valence-corrected chi connectivity index (χ0v) is 18.0. The van der Waals surface area contributed by atoms with Crippen molar-refractivity contribution in [3.63, 3.8) is 0 Å². The second-order valence-corrected chi connectivity index (χ2v) is 8.22. The first-order valence-electron chi connectivity index (χ1n) is 9.93. The Morgan fingerprint density at radius 1 is 1.10 bits per heavy atom. The molecule has 2 atom stereocenters. The van der Waals surface area contributed by atoms with Gasteiger partial charge in [0, 0.05) is 22.0 Å². The molecular formula is C24H20BrFN2O2. The van der Waals surface area contributed by atoms with Crippen molar-refractivity contribution >= 4 is 21.6 Å². The lowest BCUT2D eigenvalue weighted by Crippen LogP contribution is -2.33. The Kier molecular flexibility index (Phi) is 4.95. The minimum absolute atomic E-state index is 0.0443. The van der Waals surface area contributed by atoms with E-state index in [1.165, 1.54) is 12.1 Å². The Morgan fingerprint density at radius 3 is 2.60 bits per heavy atom. The van der Waals surface area contributed by atoms with E-state index in [0.717, 1.165) is 44.8 Å². The number of nitrogens with zero attached hydrogens (tertiary/aromatic N) is 2. The van der Waals surface area contributed by atoms with Crippen LogP contribution in [0, 0.1) is 5.82 Å². The summed E-state index contributed by atoms with van der Waals surface area (Å²) in [5, 5.41) is 6.93. The van der Waals surface area contributed by atoms with Gasteiger partial charge in [0.15, 0.2) is 0 Å². The Morgan fingerprint density at radius 2 is 1.87 bits per heavy atom. The molecule has 5 rings (SSSR count). The van der Waals surface area contributed by atoms with Crippen molar-refractivity contribution in [3.8, 4) is 11.5 Å². The number of benzene rings is 3. The van der Waals surface area contributed by atoms with Gasteiger partial charge in [-0.1, -0.05) is 28.1 Å². The zero-order chi connectivity index (χ0) is 20.7. The van der Waals surface area contributed by atoms with Crippen molar-refractivity contribution in [1.29, 1.82) is 0 Å². The third-order valence-corrected chi connectivity index (χ3v) is 5.90. The van der Waals surface area contributed by atoms with E-state index in [-0.39, 0.29) is 18.1 Å². The van der Waals surface area contributed by atoms with E-state index >= 15 is 0 Å². The summed E-state index contributed by atoms with van der Waals surface area (Å²) in [5.41, 5.74) is 3.94. The molecule has 152 valence electrons. The summed E-state index contributed by atoms with van der Waals surface area (Å²) in [6, 6.07) is 20.6. The molecule has 6 heteroatoms. The summed E-state index contributed by atoms with van der Waals surface area (Å²) >= 11 is 3.57. The highest BCUT2D eigenvalue weighted by atomic mass is 79.9. The SMILES string of the molecule is CCOc1ccc([C@@H]2Oc3ccc(Br)cc3[C@H]3CC(c4ccc(F)cc4)=NN32)cc1. The fourth-order valence-electron chi connectivity index (χ4n) is 3.99. The highest BCUT2D eigenvalue weighted by molar-refractivity contribution is 9.10. The Bertz CT molecular complexity index is 1100. The number of fused-ring (bicyclic) bond motifs is 3. The van der Waals surface area contributed by atoms with Crippen LogP contribution in [0.3, 0.4) is 0 Å². The van der Waals surface area contributed by atoms with Crippen LogP contribution >= 0.6 is 15.9 Å². The first-order valence-corrected chi connectivity index (χ1v) is 10.7. The van der Waals surface area contributed by atoms with Gasteiger partial charge in [-0.2, -0.15) is 5.10 Å². The molecule has 0 saturated carbocycles. The highest BCUT2D eigenvalue weighted by Crippen LogP contribution is 2.48. The molecule has 0 aromatic heterocycles. The fourth-order valence-corrected chi connectivity index (χ4v) is 4.37. The van der Waals surface area contributed by atoms with Crippen LogP contribution in [0.1, 0.15) is 42.3 Å². The van der Waals surface area contributed by atoms with Crippen molar-refractivity contribution in [2.75, 3.05) is 6.61 Å². The van der Waals surface area contributed by atoms with Gasteiger partial charge in [0.25, 0.3) is 0 Å². The lowest BCUT2D eigenvalue weighted by atomic mass is 9.96. The quantitative estimate of drug-likeness (QED) is 0.456. The van der Waals surface area contributed by atoms with Crippen molar-refractivity contribution in [1.82, 2.24) is 5.01 Å². The predicted octanol–water partition coefficient (Wildman–Crippen LogP) is 6.23. The Balaban J connectivity index is 1.55. The summed E-state index contributed by atoms with van der Waals surface area (Å²) in [7, 11) is 0. The van der Waals surface area contributed by atoms with Gasteiger partial charge in [-0.15, -0.1) is 0 Å². The largest absolute Gasteiger partial charge is 0.494 e. The van der Waals surface area contributed by atoms with E-state index in [0.29, 0.717) is 6.61 Å². The molecule has 2 heterocycles. The molecule has 0 unspecified atom stereocenters. The molecule has 0 amide bonds. The van der Waals surface area contributed by atoms with Crippen molar-refractivity contribution < 1.29 is 13.9 Å². The fraction of sp³-hybridized carbons (Fsp3) is 0.208. The molecule has 4 nitrogen and oxygen atoms in total. The normalized spacial score (nSPS) is 19.6. The van der Waals surface area contributed by atoms with Crippen LogP contribution in [0.2, 0.25) is 0 Å². The van der Waals surface area contributed by atoms with Gasteiger partial charge in [0.05, 0.1) is 18.4 Å². The molecule has 0 radical (unpaired) electrons. The van der Waals surface area contributed by atoms with Crippen molar-refractivity contribution in [2.24, 2.45) is 5.10 Å². The molecule has 0 spiro atoms. The predicted molar refractivity (Wildman–Crippen MR) is 117 cm³/mol. The number of hydrogen-bond donors (Lipinski definition) is 0. The van der Waals surface area contributed by atoms with Crippen LogP contribution in [0.15, 0.2) is 76.3 Å². The minimum Gasteiger partial charge on any atom is -0.494 e. The van der Waals surface area contributed by atoms with Gasteiger partial charge in [-0.25, -0.2) is 9.40 Å². The second kappa shape index (κ2) is 7.76. The van der Waals surface area contributed by atoms with Gasteiger partial charge in [-0.3, -0.25) is 0 Å². The van der Waals surface area contributed by atoms with E-state index in [9.17, 15) is 4.39 Å². The topological polar surface area (TPSA) is 34.1 Å². The average molecular weight is 467 g/mol. The van der Waals surface area contributed by atoms with Crippen LogP contribution < -0.4 is 9.47 Å². The first kappa shape index (κ1) is 19.1. The van der Waals surface area contributed by atoms with E-state index in [4.69, 9.17) is 14.6 Å². The third kappa shape index (κ3) is 3.45. The second-order valence-electron chi connectivity index (χ2n) is 7.31. The smallest absolute Gasteiger partial charge is 0.213 e. The van der Waals surface area contributed by atoms with Crippen molar-refractivity contribution in [3.05, 3.63) is 93.7 Å². The zero-order valence-electron chi connectivity index (χ0n) is 16.4. The summed E-state index contributed by atoms with van der Waals surface area (Å²) in [5.74, 6) is 1.43. The van der Waals surface area contributed by atoms with Gasteiger partial charge in [0.1, 0.15) is 17.3 Å². The maximum Gasteiger partial charge on any atom is 0.213 e. The summed E-state index contributed by atoms with van der Waals surface area (Å²) < 4.78 is 26.4. The maximum absolute atomic E-state index is 13.4. The Labute approximate surface area is 183 Å². The molecule has 3 aromatic carbocycles. The maximum atomic E-state index is 13.4. The standard InChI is InChI=1S/C24H20BrFN2O2/c1-2-29-19-10-5-16(6-11-19)24-28-22(20-13-17(25)7-12-23(20)30-24)14-21(27-28)15-3-8-18(26)9-4-15/h3-13,22,24H,2,14H2,1H3/t22-,24+/m1/s1. The number of halogens is 2. The molecule has 3 aromatic rings. The van der Waals surface area contributed by atoms with Crippen LogP contribution in [-0.2, 0) is 0 Å². The summed E-state index contributed by atoms with van der Waals surface area (Å²) in [4.78, 5) is 0. The van der Waals surface area contributed by atoms with Crippen LogP contribution in [-0.4, -0.2) is 17.3 Å². The molecule has 2 aliphatic heterocycles. The molecular weight excluding hydrogens is 447 g/mol. The van der Waals surface area contributed by atoms with Crippen molar-refractivity contribution in [2.45, 2.75) is 25.6 Å². The molecule has 0 N–H and O–H groups in total. The van der Waals surface area contributed by atoms with Gasteiger partial charge in [0.2, 0.25) is 6.23 Å². The van der Waals surface area contributed by atoms with E-state index in [2.05, 4.69) is 22.0 Å². The van der Waals surface area contributed by atoms with Crippen LogP contribution in [0.4, 0.5) is 4.39 Å². The van der Waals surface area contributed by atoms with Crippen LogP contribution in [0.25, 0.3) is 0 Å². The Hall–Kier alpha value is -2.86. The minimum atomic E-state index is -0.350. The number of hydrazone groups is 1. The van der Waals surface area contributed by atoms with Gasteiger partial charge in [-0.05, 0) is 67.1 Å². The molecule has 0 fully saturated rings. The molecule has 0 bridgehead atoms. The van der Waals surface area contributed by atoms with Crippen LogP contribution in [0.5, 0.6) is 11.5 Å². The molecule has 2 aliphatic rings. The van der Waals surface area contributed by atoms with Gasteiger partial charge < -0.3 is 9.47 Å². The number of ether oxygens (including phenoxy) is 2. The average Bonchev–Trinajstić information content (AvgIpc) is 3.20. The summed E-state index contributed by atoms with van der Waals surface area (Å²) in [6.45, 7) is 2.59. The first-order chi connectivity index (χ1) is 14.6. The number of rotatable bonds is 4. The highest BCUT2D eigenvalue weighted by Gasteiger charge is 2.41. The lowest BCUT2D eigenvalue weighted by Gasteiger charge is -2.38. The lowest BCUT2D eigenvalue weighted by molar-refractivity contribution is -0.0191. The van der Waals surface area contributed by atoms with E-state index in [1.54, 1.807) is 12.1 Å². The van der Waals surface area contributed by atoms with E-state index in [1.807, 2.05) is 48.3 Å². The number of hydrogen-bond acceptors (Lipinski definition) is 4. The van der Waals surface area contributed by atoms with Gasteiger partial charge >= 0.3 is 0 Å². The molecule has 0 aliphatic carbocycles. The third-order valence-electron chi connectivity index (χ3n) is 5.41. The molecule has 0 saturated heterocycles. The molecule has 30 heavy (non-hydrogen) atoms. The monoisotopic (exact) mass is 466 g/mol. The van der Waals surface area contributed by atoms with E-state index < -0.39 is 0 Å². The summed E-state index contributed by atoms with van der Waals surface area (Å²) in [6.07, 6.45) is 0.378.